The van der Waals surface area contributed by atoms with E-state index in [1.165, 1.54) is 0 Å². The number of aromatic nitrogens is 1. The number of pyridine rings is 1. The maximum Gasteiger partial charge on any atom is 0.257 e. The average molecular weight is 324 g/mol. The van der Waals surface area contributed by atoms with Gasteiger partial charge < -0.3 is 15.0 Å². The smallest absolute Gasteiger partial charge is 0.257 e. The third-order valence-electron chi connectivity index (χ3n) is 3.90. The molecule has 0 saturated carbocycles. The van der Waals surface area contributed by atoms with E-state index in [9.17, 15) is 9.59 Å². The number of carbonyl (C=O) groups excluding carboxylic acids is 1. The largest absolute Gasteiger partial charge is 0.484 e. The van der Waals surface area contributed by atoms with Crippen LogP contribution in [0.25, 0.3) is 21.8 Å². The van der Waals surface area contributed by atoms with Crippen molar-refractivity contribution in [3.63, 3.8) is 0 Å². The van der Waals surface area contributed by atoms with Crippen LogP contribution in [0.4, 0.5) is 0 Å². The molecule has 0 bridgehead atoms. The lowest BCUT2D eigenvalue weighted by molar-refractivity contribution is -0.123. The average Bonchev–Trinajstić information content (AvgIpc) is 2.61. The first-order valence-electron chi connectivity index (χ1n) is 8.13. The van der Waals surface area contributed by atoms with Crippen LogP contribution in [0.3, 0.4) is 0 Å². The summed E-state index contributed by atoms with van der Waals surface area (Å²) in [5.41, 5.74) is 1.51. The highest BCUT2D eigenvalue weighted by Gasteiger charge is 2.07. The van der Waals surface area contributed by atoms with E-state index in [1.54, 1.807) is 24.3 Å². The van der Waals surface area contributed by atoms with E-state index < -0.39 is 0 Å². The number of fused-ring (bicyclic) bond motifs is 2. The van der Waals surface area contributed by atoms with E-state index >= 15 is 0 Å². The first kappa shape index (κ1) is 16.1. The van der Waals surface area contributed by atoms with Crippen molar-refractivity contribution in [2.75, 3.05) is 13.2 Å². The Bertz CT molecular complexity index is 931. The number of H-pyrrole nitrogens is 1. The summed E-state index contributed by atoms with van der Waals surface area (Å²) in [4.78, 5) is 27.5. The maximum atomic E-state index is 12.6. The molecule has 0 aliphatic heterocycles. The molecule has 3 rings (SSSR count). The zero-order valence-corrected chi connectivity index (χ0v) is 13.6. The zero-order chi connectivity index (χ0) is 16.9. The lowest BCUT2D eigenvalue weighted by Gasteiger charge is -2.08. The van der Waals surface area contributed by atoms with E-state index in [0.717, 1.165) is 23.9 Å². The van der Waals surface area contributed by atoms with Gasteiger partial charge >= 0.3 is 0 Å². The summed E-state index contributed by atoms with van der Waals surface area (Å²) in [5, 5.41) is 3.99. The molecule has 0 atom stereocenters. The summed E-state index contributed by atoms with van der Waals surface area (Å²) >= 11 is 0. The Morgan fingerprint density at radius 3 is 2.75 bits per heavy atom. The van der Waals surface area contributed by atoms with Crippen molar-refractivity contribution in [1.82, 2.24) is 10.3 Å². The predicted molar refractivity (Wildman–Crippen MR) is 95.5 cm³/mol. The normalized spacial score (nSPS) is 10.9. The van der Waals surface area contributed by atoms with Crippen molar-refractivity contribution in [2.24, 2.45) is 0 Å². The molecule has 1 amide bonds. The van der Waals surface area contributed by atoms with E-state index in [0.29, 0.717) is 23.1 Å². The lowest BCUT2D eigenvalue weighted by atomic mass is 10.1. The van der Waals surface area contributed by atoms with Crippen LogP contribution in [0.15, 0.2) is 47.3 Å². The SMILES string of the molecule is CCCCNC(=O)COc1ccc2[nH]c3ccccc3c(=O)c2c1. The summed E-state index contributed by atoms with van der Waals surface area (Å²) in [5.74, 6) is 0.352. The molecule has 2 N–H and O–H groups in total. The molecule has 5 nitrogen and oxygen atoms in total. The molecule has 3 aromatic rings. The highest BCUT2D eigenvalue weighted by molar-refractivity contribution is 5.93. The second kappa shape index (κ2) is 7.17. The third kappa shape index (κ3) is 3.40. The number of amides is 1. The molecule has 124 valence electrons. The van der Waals surface area contributed by atoms with Gasteiger partial charge in [-0.1, -0.05) is 25.5 Å². The maximum absolute atomic E-state index is 12.6. The second-order valence-corrected chi connectivity index (χ2v) is 5.70. The molecule has 0 fully saturated rings. The molecule has 0 aliphatic carbocycles. The van der Waals surface area contributed by atoms with Crippen LogP contribution in [-0.2, 0) is 4.79 Å². The predicted octanol–water partition coefficient (Wildman–Crippen LogP) is 2.98. The van der Waals surface area contributed by atoms with Gasteiger partial charge in [0.1, 0.15) is 5.75 Å². The minimum Gasteiger partial charge on any atom is -0.484 e. The van der Waals surface area contributed by atoms with Crippen molar-refractivity contribution in [3.05, 3.63) is 52.7 Å². The van der Waals surface area contributed by atoms with Gasteiger partial charge in [0.25, 0.3) is 5.91 Å². The highest BCUT2D eigenvalue weighted by Crippen LogP contribution is 2.19. The van der Waals surface area contributed by atoms with Crippen LogP contribution >= 0.6 is 0 Å². The van der Waals surface area contributed by atoms with Crippen molar-refractivity contribution >= 4 is 27.7 Å². The number of benzene rings is 2. The Morgan fingerprint density at radius 2 is 1.92 bits per heavy atom. The van der Waals surface area contributed by atoms with Gasteiger partial charge in [0, 0.05) is 22.8 Å². The van der Waals surface area contributed by atoms with E-state index in [2.05, 4.69) is 17.2 Å². The Morgan fingerprint density at radius 1 is 1.12 bits per heavy atom. The van der Waals surface area contributed by atoms with Gasteiger partial charge in [-0.2, -0.15) is 0 Å². The number of para-hydroxylation sites is 1. The fraction of sp³-hybridized carbons (Fsp3) is 0.263. The van der Waals surface area contributed by atoms with Crippen LogP contribution in [0.2, 0.25) is 0 Å². The summed E-state index contributed by atoms with van der Waals surface area (Å²) < 4.78 is 5.51. The number of hydrogen-bond donors (Lipinski definition) is 2. The Kier molecular flexibility index (Phi) is 4.79. The van der Waals surface area contributed by atoms with Gasteiger partial charge in [0.15, 0.2) is 12.0 Å². The molecular formula is C19H20N2O3. The molecule has 0 radical (unpaired) electrons. The van der Waals surface area contributed by atoms with Crippen LogP contribution in [-0.4, -0.2) is 24.0 Å². The van der Waals surface area contributed by atoms with E-state index in [-0.39, 0.29) is 17.9 Å². The molecular weight excluding hydrogens is 304 g/mol. The minimum absolute atomic E-state index is 0.0443. The first-order valence-corrected chi connectivity index (χ1v) is 8.13. The monoisotopic (exact) mass is 324 g/mol. The van der Waals surface area contributed by atoms with Crippen LogP contribution in [0.5, 0.6) is 5.75 Å². The van der Waals surface area contributed by atoms with Gasteiger partial charge in [-0.15, -0.1) is 0 Å². The minimum atomic E-state index is -0.157. The number of ether oxygens (including phenoxy) is 1. The van der Waals surface area contributed by atoms with Crippen LogP contribution < -0.4 is 15.5 Å². The number of carbonyl (C=O) groups is 1. The Balaban J connectivity index is 1.81. The number of hydrogen-bond acceptors (Lipinski definition) is 3. The van der Waals surface area contributed by atoms with Crippen molar-refractivity contribution in [2.45, 2.75) is 19.8 Å². The van der Waals surface area contributed by atoms with Crippen molar-refractivity contribution < 1.29 is 9.53 Å². The molecule has 0 saturated heterocycles. The fourth-order valence-electron chi connectivity index (χ4n) is 2.59. The van der Waals surface area contributed by atoms with E-state index in [1.807, 2.05) is 18.2 Å². The zero-order valence-electron chi connectivity index (χ0n) is 13.6. The third-order valence-corrected chi connectivity index (χ3v) is 3.90. The van der Waals surface area contributed by atoms with Gasteiger partial charge in [-0.05, 0) is 36.8 Å². The molecule has 0 aliphatic rings. The van der Waals surface area contributed by atoms with E-state index in [4.69, 9.17) is 4.74 Å². The van der Waals surface area contributed by atoms with Crippen LogP contribution in [0, 0.1) is 0 Å². The number of unbranched alkanes of at least 4 members (excludes halogenated alkanes) is 1. The Labute approximate surface area is 139 Å². The lowest BCUT2D eigenvalue weighted by Crippen LogP contribution is -2.29. The summed E-state index contributed by atoms with van der Waals surface area (Å²) in [6.45, 7) is 2.67. The molecule has 0 spiro atoms. The van der Waals surface area contributed by atoms with Crippen LogP contribution in [0.1, 0.15) is 19.8 Å². The van der Waals surface area contributed by atoms with Crippen molar-refractivity contribution in [3.8, 4) is 5.75 Å². The quantitative estimate of drug-likeness (QED) is 0.541. The van der Waals surface area contributed by atoms with Gasteiger partial charge in [0.2, 0.25) is 0 Å². The fourth-order valence-corrected chi connectivity index (χ4v) is 2.59. The second-order valence-electron chi connectivity index (χ2n) is 5.70. The summed E-state index contributed by atoms with van der Waals surface area (Å²) in [6, 6.07) is 12.6. The topological polar surface area (TPSA) is 71.2 Å². The molecule has 1 heterocycles. The van der Waals surface area contributed by atoms with Gasteiger partial charge in [-0.3, -0.25) is 9.59 Å². The number of nitrogens with one attached hydrogen (secondary N) is 2. The van der Waals surface area contributed by atoms with Gasteiger partial charge in [-0.25, -0.2) is 0 Å². The summed E-state index contributed by atoms with van der Waals surface area (Å²) in [7, 11) is 0. The highest BCUT2D eigenvalue weighted by atomic mass is 16.5. The molecule has 2 aromatic carbocycles. The number of rotatable bonds is 6. The number of aromatic amines is 1. The van der Waals surface area contributed by atoms with Crippen molar-refractivity contribution in [1.29, 1.82) is 0 Å². The standard InChI is InChI=1S/C19H20N2O3/c1-2-3-10-20-18(22)12-24-13-8-9-17-15(11-13)19(23)14-6-4-5-7-16(14)21-17/h4-9,11H,2-3,10,12H2,1H3,(H,20,22)(H,21,23). The molecule has 5 heteroatoms. The molecule has 0 unspecified atom stereocenters. The first-order chi connectivity index (χ1) is 11.7. The molecule has 24 heavy (non-hydrogen) atoms. The Hall–Kier alpha value is -2.82. The summed E-state index contributed by atoms with van der Waals surface area (Å²) in [6.07, 6.45) is 1.98. The van der Waals surface area contributed by atoms with Gasteiger partial charge in [0.05, 0.1) is 5.52 Å². The molecule has 1 aromatic heterocycles.